The molecule has 1 aliphatic rings. The maximum atomic E-state index is 12.4. The molecular weight excluding hydrogens is 294 g/mol. The molecule has 0 aromatic heterocycles. The topological polar surface area (TPSA) is 66.8 Å². The number of hydrogen-bond donors (Lipinski definition) is 1. The molecule has 5 nitrogen and oxygen atoms in total. The molecule has 1 N–H and O–H groups in total. The number of likely N-dealkylation sites (tertiary alicyclic amines) is 1. The molecule has 5 heteroatoms. The van der Waals surface area contributed by atoms with E-state index in [2.05, 4.69) is 0 Å². The number of amides is 1. The van der Waals surface area contributed by atoms with Gasteiger partial charge in [0, 0.05) is 12.5 Å². The molecule has 2 atom stereocenters. The molecule has 0 radical (unpaired) electrons. The van der Waals surface area contributed by atoms with E-state index in [-0.39, 0.29) is 5.92 Å². The van der Waals surface area contributed by atoms with Crippen molar-refractivity contribution in [1.29, 1.82) is 0 Å². The Balaban J connectivity index is 2.18. The van der Waals surface area contributed by atoms with Gasteiger partial charge in [0.1, 0.15) is 11.6 Å². The number of piperidine rings is 1. The Labute approximate surface area is 137 Å². The fourth-order valence-electron chi connectivity index (χ4n) is 2.86. The Morgan fingerprint density at radius 2 is 1.78 bits per heavy atom. The van der Waals surface area contributed by atoms with Crippen LogP contribution in [0.1, 0.15) is 50.7 Å². The maximum absolute atomic E-state index is 12.4. The van der Waals surface area contributed by atoms with E-state index in [9.17, 15) is 14.7 Å². The monoisotopic (exact) mass is 319 g/mol. The molecule has 1 amide bonds. The smallest absolute Gasteiger partial charge is 0.411 e. The van der Waals surface area contributed by atoms with Crippen LogP contribution in [-0.4, -0.2) is 40.3 Å². The summed E-state index contributed by atoms with van der Waals surface area (Å²) in [5, 5.41) is 9.40. The van der Waals surface area contributed by atoms with Crippen molar-refractivity contribution in [2.45, 2.75) is 58.1 Å². The van der Waals surface area contributed by atoms with Crippen LogP contribution in [0.15, 0.2) is 24.3 Å². The third-order valence-electron chi connectivity index (χ3n) is 4.04. The van der Waals surface area contributed by atoms with Gasteiger partial charge in [-0.25, -0.2) is 9.59 Å². The van der Waals surface area contributed by atoms with Crippen molar-refractivity contribution in [3.8, 4) is 0 Å². The van der Waals surface area contributed by atoms with Crippen LogP contribution in [0.25, 0.3) is 0 Å². The van der Waals surface area contributed by atoms with Crippen LogP contribution in [0.4, 0.5) is 4.79 Å². The minimum Gasteiger partial charge on any atom is -0.480 e. The molecule has 1 aromatic carbocycles. The second-order valence-corrected chi connectivity index (χ2v) is 7.17. The van der Waals surface area contributed by atoms with E-state index in [0.29, 0.717) is 13.0 Å². The van der Waals surface area contributed by atoms with E-state index in [1.807, 2.05) is 31.2 Å². The van der Waals surface area contributed by atoms with E-state index in [4.69, 9.17) is 4.74 Å². The van der Waals surface area contributed by atoms with Crippen LogP contribution < -0.4 is 0 Å². The predicted molar refractivity (Wildman–Crippen MR) is 87.5 cm³/mol. The maximum Gasteiger partial charge on any atom is 0.411 e. The summed E-state index contributed by atoms with van der Waals surface area (Å²) in [4.78, 5) is 25.2. The molecule has 1 aliphatic heterocycles. The van der Waals surface area contributed by atoms with Gasteiger partial charge in [0.05, 0.1) is 0 Å². The predicted octanol–water partition coefficient (Wildman–Crippen LogP) is 3.56. The number of carboxylic acid groups (broad SMARTS) is 1. The molecule has 23 heavy (non-hydrogen) atoms. The number of ether oxygens (including phenoxy) is 1. The van der Waals surface area contributed by atoms with Gasteiger partial charge >= 0.3 is 12.1 Å². The Hall–Kier alpha value is -2.04. The standard InChI is InChI=1S/C18H25NO4/c1-12-5-7-13(8-6-12)14-9-10-15(16(20)21)19(11-14)17(22)23-18(2,3)4/h5-8,14-15H,9-11H2,1-4H3,(H,20,21). The first-order valence-electron chi connectivity index (χ1n) is 7.96. The number of rotatable bonds is 2. The Morgan fingerprint density at radius 3 is 2.30 bits per heavy atom. The van der Waals surface area contributed by atoms with E-state index < -0.39 is 23.7 Å². The molecule has 2 rings (SSSR count). The number of nitrogens with zero attached hydrogens (tertiary/aromatic N) is 1. The van der Waals surface area contributed by atoms with Crippen molar-refractivity contribution >= 4 is 12.1 Å². The molecule has 0 spiro atoms. The molecule has 126 valence electrons. The quantitative estimate of drug-likeness (QED) is 0.905. The highest BCUT2D eigenvalue weighted by molar-refractivity contribution is 5.80. The molecule has 1 saturated heterocycles. The lowest BCUT2D eigenvalue weighted by molar-refractivity contribution is -0.144. The van der Waals surface area contributed by atoms with Gasteiger partial charge in [-0.1, -0.05) is 29.8 Å². The highest BCUT2D eigenvalue weighted by Crippen LogP contribution is 2.31. The minimum absolute atomic E-state index is 0.138. The lowest BCUT2D eigenvalue weighted by Crippen LogP contribution is -2.51. The number of aliphatic carboxylic acids is 1. The van der Waals surface area contributed by atoms with Gasteiger partial charge in [0.25, 0.3) is 0 Å². The molecule has 0 saturated carbocycles. The van der Waals surface area contributed by atoms with Crippen LogP contribution in [0, 0.1) is 6.92 Å². The van der Waals surface area contributed by atoms with Crippen LogP contribution in [0.2, 0.25) is 0 Å². The highest BCUT2D eigenvalue weighted by Gasteiger charge is 2.38. The first-order chi connectivity index (χ1) is 10.7. The number of aryl methyl sites for hydroxylation is 1. The van der Waals surface area contributed by atoms with Crippen molar-refractivity contribution in [1.82, 2.24) is 4.90 Å². The van der Waals surface area contributed by atoms with Gasteiger partial charge in [-0.3, -0.25) is 4.90 Å². The summed E-state index contributed by atoms with van der Waals surface area (Å²) >= 11 is 0. The van der Waals surface area contributed by atoms with Crippen LogP contribution in [0.5, 0.6) is 0 Å². The van der Waals surface area contributed by atoms with Crippen molar-refractivity contribution in [2.24, 2.45) is 0 Å². The average Bonchev–Trinajstić information content (AvgIpc) is 2.45. The van der Waals surface area contributed by atoms with E-state index in [1.165, 1.54) is 10.5 Å². The number of benzene rings is 1. The van der Waals surface area contributed by atoms with Crippen molar-refractivity contribution in [3.63, 3.8) is 0 Å². The molecule has 1 aromatic rings. The Morgan fingerprint density at radius 1 is 1.17 bits per heavy atom. The van der Waals surface area contributed by atoms with Crippen molar-refractivity contribution in [2.75, 3.05) is 6.54 Å². The van der Waals surface area contributed by atoms with Crippen LogP contribution in [0.3, 0.4) is 0 Å². The zero-order valence-electron chi connectivity index (χ0n) is 14.2. The van der Waals surface area contributed by atoms with Crippen molar-refractivity contribution in [3.05, 3.63) is 35.4 Å². The normalized spacial score (nSPS) is 21.8. The van der Waals surface area contributed by atoms with Gasteiger partial charge in [0.2, 0.25) is 0 Å². The van der Waals surface area contributed by atoms with Gasteiger partial charge in [-0.05, 0) is 46.1 Å². The van der Waals surface area contributed by atoms with Gasteiger partial charge in [-0.2, -0.15) is 0 Å². The summed E-state index contributed by atoms with van der Waals surface area (Å²) in [7, 11) is 0. The molecule has 1 heterocycles. The summed E-state index contributed by atoms with van der Waals surface area (Å²) in [5.74, 6) is -0.836. The van der Waals surface area contributed by atoms with Crippen molar-refractivity contribution < 1.29 is 19.4 Å². The van der Waals surface area contributed by atoms with Gasteiger partial charge in [-0.15, -0.1) is 0 Å². The minimum atomic E-state index is -0.974. The largest absolute Gasteiger partial charge is 0.480 e. The third-order valence-corrected chi connectivity index (χ3v) is 4.04. The molecular formula is C18H25NO4. The summed E-state index contributed by atoms with van der Waals surface area (Å²) < 4.78 is 5.38. The number of hydrogen-bond acceptors (Lipinski definition) is 3. The summed E-state index contributed by atoms with van der Waals surface area (Å²) in [5.41, 5.74) is 1.67. The first kappa shape index (κ1) is 17.3. The second-order valence-electron chi connectivity index (χ2n) is 7.17. The van der Waals surface area contributed by atoms with Gasteiger partial charge in [0.15, 0.2) is 0 Å². The molecule has 0 aliphatic carbocycles. The SMILES string of the molecule is Cc1ccc(C2CCC(C(=O)O)N(C(=O)OC(C)(C)C)C2)cc1. The highest BCUT2D eigenvalue weighted by atomic mass is 16.6. The fraction of sp³-hybridized carbons (Fsp3) is 0.556. The first-order valence-corrected chi connectivity index (χ1v) is 7.96. The van der Waals surface area contributed by atoms with E-state index >= 15 is 0 Å². The summed E-state index contributed by atoms with van der Waals surface area (Å²) in [6.45, 7) is 7.74. The number of carbonyl (C=O) groups excluding carboxylic acids is 1. The van der Waals surface area contributed by atoms with E-state index in [0.717, 1.165) is 12.0 Å². The average molecular weight is 319 g/mol. The van der Waals surface area contributed by atoms with E-state index in [1.54, 1.807) is 20.8 Å². The Bertz CT molecular complexity index is 574. The lowest BCUT2D eigenvalue weighted by atomic mass is 9.87. The third kappa shape index (κ3) is 4.47. The Kier molecular flexibility index (Phi) is 4.97. The lowest BCUT2D eigenvalue weighted by Gasteiger charge is -2.38. The summed E-state index contributed by atoms with van der Waals surface area (Å²) in [6.07, 6.45) is 0.633. The summed E-state index contributed by atoms with van der Waals surface area (Å²) in [6, 6.07) is 7.36. The van der Waals surface area contributed by atoms with Crippen LogP contribution >= 0.6 is 0 Å². The zero-order chi connectivity index (χ0) is 17.2. The fourth-order valence-corrected chi connectivity index (χ4v) is 2.86. The molecule has 1 fully saturated rings. The second kappa shape index (κ2) is 6.60. The molecule has 2 unspecified atom stereocenters. The molecule has 0 bridgehead atoms. The zero-order valence-corrected chi connectivity index (χ0v) is 14.2. The number of carboxylic acids is 1. The van der Waals surface area contributed by atoms with Crippen LogP contribution in [-0.2, 0) is 9.53 Å². The van der Waals surface area contributed by atoms with Gasteiger partial charge < -0.3 is 9.84 Å². The number of carbonyl (C=O) groups is 2.